The van der Waals surface area contributed by atoms with Gasteiger partial charge in [0.05, 0.1) is 17.2 Å². The SMILES string of the molecule is O=C(OCc1ccccc1)N1CCCC(Cc2c(C3CCOCC3)n(-c3ccc(F)cc3)c3cc4cn[nH]c4cc23)C1. The lowest BCUT2D eigenvalue weighted by molar-refractivity contribution is 0.0784. The standard InChI is InChI=1S/C34H35FN4O3/c35-27-8-10-28(11-9-27)39-32-18-26-20-36-37-31(26)19-29(32)30(33(39)25-12-15-41-16-13-25)17-24-7-4-14-38(21-24)34(40)42-22-23-5-2-1-3-6-23/h1-3,5-6,8-11,18-20,24-25H,4,7,12-17,21-22H2,(H,36,37). The Morgan fingerprint density at radius 3 is 2.67 bits per heavy atom. The van der Waals surface area contributed by atoms with Crippen LogP contribution in [0.25, 0.3) is 27.5 Å². The lowest BCUT2D eigenvalue weighted by atomic mass is 9.86. The molecular formula is C34H35FN4O3. The molecule has 5 aromatic rings. The molecule has 2 fully saturated rings. The van der Waals surface area contributed by atoms with E-state index in [4.69, 9.17) is 9.47 Å². The van der Waals surface area contributed by atoms with Gasteiger partial charge in [-0.25, -0.2) is 9.18 Å². The Balaban J connectivity index is 1.25. The summed E-state index contributed by atoms with van der Waals surface area (Å²) in [6, 6.07) is 21.0. The normalized spacial score (nSPS) is 18.1. The van der Waals surface area contributed by atoms with Crippen molar-refractivity contribution < 1.29 is 18.7 Å². The summed E-state index contributed by atoms with van der Waals surface area (Å²) >= 11 is 0. The highest BCUT2D eigenvalue weighted by Gasteiger charge is 2.31. The summed E-state index contributed by atoms with van der Waals surface area (Å²) in [6.45, 7) is 3.11. The molecule has 1 N–H and O–H groups in total. The predicted molar refractivity (Wildman–Crippen MR) is 160 cm³/mol. The minimum absolute atomic E-state index is 0.248. The highest BCUT2D eigenvalue weighted by atomic mass is 19.1. The van der Waals surface area contributed by atoms with Gasteiger partial charge < -0.3 is 18.9 Å². The molecule has 1 unspecified atom stereocenters. The average Bonchev–Trinajstić information content (AvgIpc) is 3.62. The van der Waals surface area contributed by atoms with Crippen LogP contribution < -0.4 is 0 Å². The second-order valence-corrected chi connectivity index (χ2v) is 11.6. The van der Waals surface area contributed by atoms with Crippen molar-refractivity contribution in [2.75, 3.05) is 26.3 Å². The third kappa shape index (κ3) is 5.27. The fourth-order valence-electron chi connectivity index (χ4n) is 6.79. The number of hydrogen-bond acceptors (Lipinski definition) is 4. The molecule has 8 heteroatoms. The number of ether oxygens (including phenoxy) is 2. The van der Waals surface area contributed by atoms with Crippen molar-refractivity contribution in [2.24, 2.45) is 5.92 Å². The average molecular weight is 567 g/mol. The lowest BCUT2D eigenvalue weighted by Gasteiger charge is -2.33. The van der Waals surface area contributed by atoms with Crippen LogP contribution in [-0.4, -0.2) is 52.1 Å². The molecule has 2 aromatic heterocycles. The molecule has 0 spiro atoms. The highest BCUT2D eigenvalue weighted by molar-refractivity contribution is 5.98. The highest BCUT2D eigenvalue weighted by Crippen LogP contribution is 2.41. The van der Waals surface area contributed by atoms with Gasteiger partial charge >= 0.3 is 6.09 Å². The van der Waals surface area contributed by atoms with Gasteiger partial charge in [0.2, 0.25) is 0 Å². The van der Waals surface area contributed by atoms with Gasteiger partial charge in [-0.2, -0.15) is 5.10 Å². The number of amides is 1. The van der Waals surface area contributed by atoms with E-state index in [-0.39, 0.29) is 18.5 Å². The Morgan fingerprint density at radius 2 is 1.86 bits per heavy atom. The summed E-state index contributed by atoms with van der Waals surface area (Å²) in [5.41, 5.74) is 6.62. The molecule has 2 aliphatic heterocycles. The smallest absolute Gasteiger partial charge is 0.410 e. The van der Waals surface area contributed by atoms with E-state index in [2.05, 4.69) is 26.9 Å². The number of nitrogens with one attached hydrogen (secondary N) is 1. The van der Waals surface area contributed by atoms with Crippen LogP contribution >= 0.6 is 0 Å². The number of aromatic amines is 1. The molecule has 2 saturated heterocycles. The van der Waals surface area contributed by atoms with E-state index in [0.29, 0.717) is 24.9 Å². The van der Waals surface area contributed by atoms with E-state index in [1.54, 1.807) is 0 Å². The quantitative estimate of drug-likeness (QED) is 0.237. The van der Waals surface area contributed by atoms with E-state index in [1.165, 1.54) is 28.8 Å². The van der Waals surface area contributed by atoms with Gasteiger partial charge in [-0.1, -0.05) is 30.3 Å². The van der Waals surface area contributed by atoms with Crippen molar-refractivity contribution in [1.82, 2.24) is 19.7 Å². The third-order valence-electron chi connectivity index (χ3n) is 8.84. The second-order valence-electron chi connectivity index (χ2n) is 11.6. The zero-order valence-corrected chi connectivity index (χ0v) is 23.6. The molecule has 42 heavy (non-hydrogen) atoms. The molecule has 2 aliphatic rings. The van der Waals surface area contributed by atoms with Crippen LogP contribution in [0, 0.1) is 11.7 Å². The van der Waals surface area contributed by atoms with Crippen molar-refractivity contribution >= 4 is 27.9 Å². The molecule has 0 bridgehead atoms. The number of carbonyl (C=O) groups is 1. The number of hydrogen-bond donors (Lipinski definition) is 1. The van der Waals surface area contributed by atoms with Crippen molar-refractivity contribution in [1.29, 1.82) is 0 Å². The maximum Gasteiger partial charge on any atom is 0.410 e. The monoisotopic (exact) mass is 566 g/mol. The Morgan fingerprint density at radius 1 is 1.05 bits per heavy atom. The summed E-state index contributed by atoms with van der Waals surface area (Å²) in [6.07, 6.45) is 6.31. The topological polar surface area (TPSA) is 72.4 Å². The van der Waals surface area contributed by atoms with Crippen molar-refractivity contribution in [3.05, 3.63) is 95.6 Å². The molecular weight excluding hydrogens is 531 g/mol. The Kier molecular flexibility index (Phi) is 7.38. The van der Waals surface area contributed by atoms with E-state index in [0.717, 1.165) is 73.0 Å². The summed E-state index contributed by atoms with van der Waals surface area (Å²) in [4.78, 5) is 14.9. The lowest BCUT2D eigenvalue weighted by Crippen LogP contribution is -2.40. The number of H-pyrrole nitrogens is 1. The number of fused-ring (bicyclic) bond motifs is 2. The van der Waals surface area contributed by atoms with Gasteiger partial charge in [-0.3, -0.25) is 5.10 Å². The number of benzene rings is 3. The molecule has 0 radical (unpaired) electrons. The van der Waals surface area contributed by atoms with Crippen LogP contribution in [0.2, 0.25) is 0 Å². The van der Waals surface area contributed by atoms with Gasteiger partial charge in [-0.15, -0.1) is 0 Å². The van der Waals surface area contributed by atoms with E-state index < -0.39 is 0 Å². The zero-order valence-electron chi connectivity index (χ0n) is 23.6. The number of aromatic nitrogens is 3. The minimum atomic E-state index is -0.249. The van der Waals surface area contributed by atoms with E-state index >= 15 is 0 Å². The number of rotatable bonds is 6. The van der Waals surface area contributed by atoms with Crippen molar-refractivity contribution in [3.63, 3.8) is 0 Å². The molecule has 0 saturated carbocycles. The molecule has 1 atom stereocenters. The first-order valence-corrected chi connectivity index (χ1v) is 14.9. The van der Waals surface area contributed by atoms with Gasteiger partial charge in [0.1, 0.15) is 12.4 Å². The van der Waals surface area contributed by atoms with Gasteiger partial charge in [0.25, 0.3) is 0 Å². The third-order valence-corrected chi connectivity index (χ3v) is 8.84. The molecule has 7 rings (SSSR count). The van der Waals surface area contributed by atoms with Gasteiger partial charge in [-0.05, 0) is 85.5 Å². The maximum atomic E-state index is 14.0. The van der Waals surface area contributed by atoms with Crippen molar-refractivity contribution in [3.8, 4) is 5.69 Å². The van der Waals surface area contributed by atoms with Crippen LogP contribution in [0.15, 0.2) is 72.9 Å². The molecule has 1 amide bonds. The summed E-state index contributed by atoms with van der Waals surface area (Å²) in [5, 5.41) is 9.66. The second kappa shape index (κ2) is 11.6. The maximum absolute atomic E-state index is 14.0. The summed E-state index contributed by atoms with van der Waals surface area (Å²) in [7, 11) is 0. The van der Waals surface area contributed by atoms with Crippen LogP contribution in [-0.2, 0) is 22.5 Å². The summed E-state index contributed by atoms with van der Waals surface area (Å²) < 4.78 is 27.8. The molecule has 0 aliphatic carbocycles. The van der Waals surface area contributed by atoms with Crippen LogP contribution in [0.5, 0.6) is 0 Å². The van der Waals surface area contributed by atoms with Gasteiger partial charge in [0.15, 0.2) is 0 Å². The van der Waals surface area contributed by atoms with E-state index in [9.17, 15) is 9.18 Å². The molecule has 4 heterocycles. The van der Waals surface area contributed by atoms with Crippen molar-refractivity contribution in [2.45, 2.75) is 44.6 Å². The Bertz CT molecular complexity index is 1690. The first kappa shape index (κ1) is 26.7. The summed E-state index contributed by atoms with van der Waals surface area (Å²) in [5.74, 6) is 0.367. The molecule has 3 aromatic carbocycles. The number of carbonyl (C=O) groups excluding carboxylic acids is 1. The Labute approximate surface area is 244 Å². The number of likely N-dealkylation sites (tertiary alicyclic amines) is 1. The first-order chi connectivity index (χ1) is 20.6. The Hall–Kier alpha value is -4.17. The largest absolute Gasteiger partial charge is 0.445 e. The first-order valence-electron chi connectivity index (χ1n) is 14.9. The number of piperidine rings is 1. The molecule has 216 valence electrons. The van der Waals surface area contributed by atoms with Crippen LogP contribution in [0.3, 0.4) is 0 Å². The van der Waals surface area contributed by atoms with Crippen LogP contribution in [0.4, 0.5) is 9.18 Å². The zero-order chi connectivity index (χ0) is 28.5. The van der Waals surface area contributed by atoms with Gasteiger partial charge in [0, 0.05) is 54.4 Å². The number of halogens is 1. The van der Waals surface area contributed by atoms with Crippen LogP contribution in [0.1, 0.15) is 48.4 Å². The minimum Gasteiger partial charge on any atom is -0.445 e. The fourth-order valence-corrected chi connectivity index (χ4v) is 6.79. The molecule has 7 nitrogen and oxygen atoms in total. The fraction of sp³-hybridized carbons (Fsp3) is 0.353. The predicted octanol–water partition coefficient (Wildman–Crippen LogP) is 7.13. The number of nitrogens with zero attached hydrogens (tertiary/aromatic N) is 3. The van der Waals surface area contributed by atoms with E-state index in [1.807, 2.05) is 53.6 Å².